The van der Waals surface area contributed by atoms with Crippen LogP contribution in [0.3, 0.4) is 0 Å². The van der Waals surface area contributed by atoms with Crippen molar-refractivity contribution in [2.24, 2.45) is 4.99 Å². The van der Waals surface area contributed by atoms with Crippen LogP contribution in [0.4, 0.5) is 19.0 Å². The first-order valence-electron chi connectivity index (χ1n) is 9.77. The number of nitrogens with one attached hydrogen (secondary N) is 2. The molecule has 0 bridgehead atoms. The van der Waals surface area contributed by atoms with Gasteiger partial charge in [-0.25, -0.2) is 4.98 Å². The number of nitrogens with zero attached hydrogens (tertiary/aromatic N) is 3. The van der Waals surface area contributed by atoms with Gasteiger partial charge in [0.05, 0.1) is 18.3 Å². The van der Waals surface area contributed by atoms with E-state index in [0.717, 1.165) is 42.2 Å². The van der Waals surface area contributed by atoms with E-state index in [9.17, 15) is 13.2 Å². The Morgan fingerprint density at radius 1 is 1.17 bits per heavy atom. The number of hydrogen-bond donors (Lipinski definition) is 2. The van der Waals surface area contributed by atoms with Gasteiger partial charge in [-0.3, -0.25) is 4.99 Å². The standard InChI is InChI=1S/C21H26F3N5O/c1-15-14-29(9-10-30-15)19-11-17(7-8-26-19)13-28-20(25-2)27-12-16-3-5-18(6-4-16)21(22,23)24/h3-8,11,15H,9-10,12-14H2,1-2H3,(H2,25,27,28). The molecule has 0 radical (unpaired) electrons. The minimum Gasteiger partial charge on any atom is -0.375 e. The van der Waals surface area contributed by atoms with Crippen LogP contribution in [-0.4, -0.2) is 43.8 Å². The Bertz CT molecular complexity index is 854. The minimum atomic E-state index is -4.33. The molecular formula is C21H26F3N5O. The monoisotopic (exact) mass is 421 g/mol. The van der Waals surface area contributed by atoms with Crippen LogP contribution in [0.25, 0.3) is 0 Å². The number of aromatic nitrogens is 1. The summed E-state index contributed by atoms with van der Waals surface area (Å²) in [6.45, 7) is 5.26. The molecule has 0 aliphatic carbocycles. The lowest BCUT2D eigenvalue weighted by atomic mass is 10.1. The number of ether oxygens (including phenoxy) is 1. The Morgan fingerprint density at radius 3 is 2.50 bits per heavy atom. The molecule has 6 nitrogen and oxygen atoms in total. The van der Waals surface area contributed by atoms with Gasteiger partial charge in [-0.15, -0.1) is 0 Å². The zero-order valence-corrected chi connectivity index (χ0v) is 17.0. The molecule has 0 amide bonds. The molecule has 9 heteroatoms. The molecule has 0 saturated carbocycles. The molecule has 1 atom stereocenters. The zero-order valence-electron chi connectivity index (χ0n) is 17.0. The number of guanidine groups is 1. The SMILES string of the molecule is CN=C(NCc1ccc(C(F)(F)F)cc1)NCc1ccnc(N2CCOC(C)C2)c1. The lowest BCUT2D eigenvalue weighted by Gasteiger charge is -2.32. The average Bonchev–Trinajstić information content (AvgIpc) is 2.74. The molecule has 1 saturated heterocycles. The Hall–Kier alpha value is -2.81. The Balaban J connectivity index is 1.52. The second-order valence-electron chi connectivity index (χ2n) is 7.12. The number of alkyl halides is 3. The fraction of sp³-hybridized carbons (Fsp3) is 0.429. The molecule has 162 valence electrons. The van der Waals surface area contributed by atoms with Gasteiger partial charge >= 0.3 is 6.18 Å². The summed E-state index contributed by atoms with van der Waals surface area (Å²) in [5.74, 6) is 1.48. The highest BCUT2D eigenvalue weighted by Gasteiger charge is 2.29. The van der Waals surface area contributed by atoms with Gasteiger partial charge in [0.25, 0.3) is 0 Å². The van der Waals surface area contributed by atoms with Crippen molar-refractivity contribution in [3.63, 3.8) is 0 Å². The third kappa shape index (κ3) is 6.09. The van der Waals surface area contributed by atoms with Crippen molar-refractivity contribution in [2.45, 2.75) is 32.3 Å². The molecule has 0 spiro atoms. The van der Waals surface area contributed by atoms with E-state index < -0.39 is 11.7 Å². The number of rotatable bonds is 5. The van der Waals surface area contributed by atoms with Crippen molar-refractivity contribution in [1.82, 2.24) is 15.6 Å². The van der Waals surface area contributed by atoms with Crippen LogP contribution in [0.5, 0.6) is 0 Å². The van der Waals surface area contributed by atoms with Crippen molar-refractivity contribution < 1.29 is 17.9 Å². The predicted octanol–water partition coefficient (Wildman–Crippen LogP) is 3.19. The van der Waals surface area contributed by atoms with Crippen LogP contribution in [0.2, 0.25) is 0 Å². The number of hydrogen-bond acceptors (Lipinski definition) is 4. The van der Waals surface area contributed by atoms with E-state index in [1.807, 2.05) is 19.1 Å². The number of halogens is 3. The lowest BCUT2D eigenvalue weighted by molar-refractivity contribution is -0.137. The van der Waals surface area contributed by atoms with Gasteiger partial charge in [-0.05, 0) is 42.3 Å². The van der Waals surface area contributed by atoms with Crippen LogP contribution in [0, 0.1) is 0 Å². The molecule has 3 rings (SSSR count). The molecule has 1 unspecified atom stereocenters. The first kappa shape index (κ1) is 21.9. The van der Waals surface area contributed by atoms with Gasteiger partial charge in [0, 0.05) is 39.4 Å². The molecule has 2 heterocycles. The maximum absolute atomic E-state index is 12.7. The Labute approximate surface area is 174 Å². The van der Waals surface area contributed by atoms with Crippen molar-refractivity contribution >= 4 is 11.8 Å². The van der Waals surface area contributed by atoms with Gasteiger partial charge in [0.1, 0.15) is 5.82 Å². The van der Waals surface area contributed by atoms with Crippen LogP contribution >= 0.6 is 0 Å². The number of aliphatic imine (C=N–C) groups is 1. The Morgan fingerprint density at radius 2 is 1.87 bits per heavy atom. The number of benzene rings is 1. The van der Waals surface area contributed by atoms with Gasteiger partial charge < -0.3 is 20.3 Å². The van der Waals surface area contributed by atoms with Gasteiger partial charge in [-0.2, -0.15) is 13.2 Å². The van der Waals surface area contributed by atoms with E-state index in [2.05, 4.69) is 25.5 Å². The van der Waals surface area contributed by atoms with Gasteiger partial charge in [0.2, 0.25) is 0 Å². The van der Waals surface area contributed by atoms with Gasteiger partial charge in [-0.1, -0.05) is 12.1 Å². The summed E-state index contributed by atoms with van der Waals surface area (Å²) in [7, 11) is 1.65. The molecule has 30 heavy (non-hydrogen) atoms. The smallest absolute Gasteiger partial charge is 0.375 e. The van der Waals surface area contributed by atoms with Gasteiger partial charge in [0.15, 0.2) is 5.96 Å². The maximum atomic E-state index is 12.7. The normalized spacial score (nSPS) is 17.7. The van der Waals surface area contributed by atoms with Crippen molar-refractivity contribution in [2.75, 3.05) is 31.6 Å². The summed E-state index contributed by atoms with van der Waals surface area (Å²) < 4.78 is 43.6. The van der Waals surface area contributed by atoms with E-state index >= 15 is 0 Å². The highest BCUT2D eigenvalue weighted by Crippen LogP contribution is 2.29. The van der Waals surface area contributed by atoms with Crippen LogP contribution in [0.1, 0.15) is 23.6 Å². The molecule has 1 aromatic carbocycles. The fourth-order valence-electron chi connectivity index (χ4n) is 3.17. The topological polar surface area (TPSA) is 61.8 Å². The fourth-order valence-corrected chi connectivity index (χ4v) is 3.17. The summed E-state index contributed by atoms with van der Waals surface area (Å²) in [4.78, 5) is 10.8. The van der Waals surface area contributed by atoms with Crippen LogP contribution < -0.4 is 15.5 Å². The highest BCUT2D eigenvalue weighted by molar-refractivity contribution is 5.79. The first-order valence-corrected chi connectivity index (χ1v) is 9.77. The zero-order chi connectivity index (χ0) is 21.6. The second kappa shape index (κ2) is 9.80. The lowest BCUT2D eigenvalue weighted by Crippen LogP contribution is -2.41. The summed E-state index contributed by atoms with van der Waals surface area (Å²) in [5.41, 5.74) is 1.13. The van der Waals surface area contributed by atoms with E-state index in [1.54, 1.807) is 13.2 Å². The predicted molar refractivity (Wildman–Crippen MR) is 110 cm³/mol. The quantitative estimate of drug-likeness (QED) is 0.574. The van der Waals surface area contributed by atoms with Crippen LogP contribution in [0.15, 0.2) is 47.6 Å². The third-order valence-corrected chi connectivity index (χ3v) is 4.80. The van der Waals surface area contributed by atoms with E-state index in [4.69, 9.17) is 4.74 Å². The average molecular weight is 421 g/mol. The molecule has 2 N–H and O–H groups in total. The summed E-state index contributed by atoms with van der Waals surface area (Å²) in [6, 6.07) is 9.05. The van der Waals surface area contributed by atoms with Crippen molar-refractivity contribution in [3.05, 3.63) is 59.3 Å². The molecule has 1 aliphatic rings. The molecule has 1 aliphatic heterocycles. The molecule has 2 aromatic rings. The van der Waals surface area contributed by atoms with Crippen LogP contribution in [-0.2, 0) is 24.0 Å². The number of pyridine rings is 1. The molecular weight excluding hydrogens is 395 g/mol. The number of anilines is 1. The van der Waals surface area contributed by atoms with E-state index in [1.165, 1.54) is 12.1 Å². The molecule has 1 aromatic heterocycles. The van der Waals surface area contributed by atoms with Crippen molar-refractivity contribution in [1.29, 1.82) is 0 Å². The maximum Gasteiger partial charge on any atom is 0.416 e. The second-order valence-corrected chi connectivity index (χ2v) is 7.12. The van der Waals surface area contributed by atoms with E-state index in [-0.39, 0.29) is 6.10 Å². The minimum absolute atomic E-state index is 0.176. The first-order chi connectivity index (χ1) is 14.3. The largest absolute Gasteiger partial charge is 0.416 e. The Kier molecular flexibility index (Phi) is 7.15. The number of morpholine rings is 1. The highest BCUT2D eigenvalue weighted by atomic mass is 19.4. The summed E-state index contributed by atoms with van der Waals surface area (Å²) in [5, 5.41) is 6.33. The summed E-state index contributed by atoms with van der Waals surface area (Å²) >= 11 is 0. The van der Waals surface area contributed by atoms with E-state index in [0.29, 0.717) is 25.7 Å². The van der Waals surface area contributed by atoms with Crippen molar-refractivity contribution in [3.8, 4) is 0 Å². The summed E-state index contributed by atoms with van der Waals surface area (Å²) in [6.07, 6.45) is -2.37. The third-order valence-electron chi connectivity index (χ3n) is 4.80. The molecule has 1 fully saturated rings.